The molecule has 6 nitrogen and oxygen atoms in total. The minimum absolute atomic E-state index is 0.503. The van der Waals surface area contributed by atoms with E-state index in [1.165, 1.54) is 71.6 Å². The topological polar surface area (TPSA) is 58.5 Å². The summed E-state index contributed by atoms with van der Waals surface area (Å²) in [5.74, 6) is 0. The highest BCUT2D eigenvalue weighted by atomic mass is 16.4. The van der Waals surface area contributed by atoms with Gasteiger partial charge in [-0.05, 0) is 167 Å². The van der Waals surface area contributed by atoms with Crippen LogP contribution in [-0.2, 0) is 0 Å². The van der Waals surface area contributed by atoms with Crippen molar-refractivity contribution in [2.75, 3.05) is 9.80 Å². The van der Waals surface area contributed by atoms with Crippen molar-refractivity contribution in [1.29, 1.82) is 0 Å². The molecule has 0 spiro atoms. The molecule has 0 fully saturated rings. The van der Waals surface area contributed by atoms with Crippen molar-refractivity contribution in [3.63, 3.8) is 0 Å². The van der Waals surface area contributed by atoms with Crippen LogP contribution in [0.25, 0.3) is 111 Å². The van der Waals surface area contributed by atoms with E-state index in [9.17, 15) is 0 Å². The first-order valence-electron chi connectivity index (χ1n) is 23.6. The maximum atomic E-state index is 6.77. The second-order valence-electron chi connectivity index (χ2n) is 18.1. The fourth-order valence-electron chi connectivity index (χ4n) is 11.0. The van der Waals surface area contributed by atoms with Crippen LogP contribution < -0.4 is 9.80 Å². The lowest BCUT2D eigenvalue weighted by Crippen LogP contribution is -2.10. The summed E-state index contributed by atoms with van der Waals surface area (Å²) < 4.78 is 13.2. The normalized spacial score (nSPS) is 12.0. The van der Waals surface area contributed by atoms with Crippen LogP contribution in [0.3, 0.4) is 0 Å². The van der Waals surface area contributed by atoms with Crippen LogP contribution in [0, 0.1) is 0 Å². The number of rotatable bonds is 8. The van der Waals surface area contributed by atoms with E-state index in [1.807, 2.05) is 60.7 Å². The Labute approximate surface area is 402 Å². The Bertz CT molecular complexity index is 4210. The molecule has 13 aromatic rings. The van der Waals surface area contributed by atoms with Crippen LogP contribution in [0.2, 0.25) is 0 Å². The average Bonchev–Trinajstić information content (AvgIpc) is 4.20. The summed E-state index contributed by atoms with van der Waals surface area (Å²) in [5.41, 5.74) is 21.4. The zero-order valence-corrected chi connectivity index (χ0v) is 37.5. The molecule has 0 amide bonds. The molecule has 70 heavy (non-hydrogen) atoms. The lowest BCUT2D eigenvalue weighted by molar-refractivity contribution is 0.608. The second-order valence-corrected chi connectivity index (χ2v) is 18.1. The molecule has 2 aromatic heterocycles. The molecule has 0 radical (unpaired) electrons. The van der Waals surface area contributed by atoms with E-state index in [2.05, 4.69) is 180 Å². The Morgan fingerprint density at radius 1 is 0.286 bits per heavy atom. The lowest BCUT2D eigenvalue weighted by atomic mass is 9.94. The Hall–Kier alpha value is -9.52. The molecule has 326 valence electrons. The molecule has 2 aliphatic carbocycles. The largest absolute Gasteiger partial charge is 0.423 e. The van der Waals surface area contributed by atoms with E-state index in [-0.39, 0.29) is 0 Å². The second kappa shape index (κ2) is 15.0. The highest BCUT2D eigenvalue weighted by Gasteiger charge is 2.27. The number of aromatic nitrogens is 2. The first kappa shape index (κ1) is 38.6. The summed E-state index contributed by atoms with van der Waals surface area (Å²) in [7, 11) is 0. The van der Waals surface area contributed by atoms with Crippen molar-refractivity contribution in [3.8, 4) is 66.8 Å². The molecule has 0 saturated heterocycles. The number of hydrogen-bond acceptors (Lipinski definition) is 6. The van der Waals surface area contributed by atoms with Crippen molar-refractivity contribution in [1.82, 2.24) is 9.97 Å². The van der Waals surface area contributed by atoms with Gasteiger partial charge in [-0.25, -0.2) is 0 Å². The van der Waals surface area contributed by atoms with Crippen LogP contribution in [0.1, 0.15) is 0 Å². The molecule has 2 aliphatic rings. The SMILES string of the molecule is c1ccc(N(c2ccc3c(c2)-c2cccc4c(-c5ccc6nc(N(c7ccccc7)c7ccc(-c8ccc9c(c8)-c8cccc%10cccc-9c8%10)cc7)oc6c5)ccc-3c24)c2nc3ccccc3o2)cc1. The third kappa shape index (κ3) is 5.87. The van der Waals surface area contributed by atoms with Gasteiger partial charge in [0.1, 0.15) is 11.0 Å². The highest BCUT2D eigenvalue weighted by molar-refractivity contribution is 6.19. The summed E-state index contributed by atoms with van der Waals surface area (Å²) in [6, 6.07) is 82.5. The number of benzene rings is 11. The van der Waals surface area contributed by atoms with Gasteiger partial charge >= 0.3 is 12.0 Å². The Morgan fingerprint density at radius 3 is 1.54 bits per heavy atom. The number of fused-ring (bicyclic) bond motifs is 8. The van der Waals surface area contributed by atoms with Crippen molar-refractivity contribution in [2.24, 2.45) is 0 Å². The molecular weight excluding hydrogens is 857 g/mol. The van der Waals surface area contributed by atoms with E-state index in [0.29, 0.717) is 12.0 Å². The smallest absolute Gasteiger partial charge is 0.307 e. The van der Waals surface area contributed by atoms with Gasteiger partial charge in [0.2, 0.25) is 0 Å². The van der Waals surface area contributed by atoms with Gasteiger partial charge in [-0.15, -0.1) is 0 Å². The summed E-state index contributed by atoms with van der Waals surface area (Å²) in [4.78, 5) is 14.2. The number of nitrogens with zero attached hydrogens (tertiary/aromatic N) is 4. The molecule has 0 aliphatic heterocycles. The van der Waals surface area contributed by atoms with Crippen LogP contribution in [-0.4, -0.2) is 9.97 Å². The predicted octanol–water partition coefficient (Wildman–Crippen LogP) is 17.8. The van der Waals surface area contributed by atoms with Crippen LogP contribution in [0.5, 0.6) is 0 Å². The third-order valence-electron chi connectivity index (χ3n) is 14.2. The van der Waals surface area contributed by atoms with Crippen LogP contribution >= 0.6 is 0 Å². The van der Waals surface area contributed by atoms with Crippen molar-refractivity contribution in [3.05, 3.63) is 231 Å². The minimum atomic E-state index is 0.503. The zero-order chi connectivity index (χ0) is 45.9. The highest BCUT2D eigenvalue weighted by Crippen LogP contribution is 2.52. The van der Waals surface area contributed by atoms with Gasteiger partial charge in [-0.3, -0.25) is 9.80 Å². The fourth-order valence-corrected chi connectivity index (χ4v) is 11.0. The molecule has 15 rings (SSSR count). The standard InChI is InChI=1S/C64H38N4O2/c1-3-14-43(15-4-1)67(45-28-24-39(25-29-45)41-26-31-48-51-18-9-12-40-13-10-19-52(61(40)51)55(48)36-41)63-66-58-35-27-42(37-60(58)70-63)47-33-34-54-49-32-30-46(38-56(49)53-21-11-20-50(47)62(53)54)68(44-16-5-2-6-17-44)64-65-57-22-7-8-23-59(57)69-64/h1-38H. The van der Waals surface area contributed by atoms with E-state index >= 15 is 0 Å². The van der Waals surface area contributed by atoms with Gasteiger partial charge in [0.15, 0.2) is 11.2 Å². The molecule has 0 atom stereocenters. The Kier molecular flexibility index (Phi) is 8.26. The Balaban J connectivity index is 0.776. The quantitative estimate of drug-likeness (QED) is 0.151. The Morgan fingerprint density at radius 2 is 0.800 bits per heavy atom. The van der Waals surface area contributed by atoms with Gasteiger partial charge < -0.3 is 8.83 Å². The lowest BCUT2D eigenvalue weighted by Gasteiger charge is -2.22. The van der Waals surface area contributed by atoms with E-state index in [4.69, 9.17) is 18.8 Å². The molecule has 0 bridgehead atoms. The van der Waals surface area contributed by atoms with Crippen LogP contribution in [0.4, 0.5) is 34.8 Å². The number of anilines is 6. The predicted molar refractivity (Wildman–Crippen MR) is 286 cm³/mol. The third-order valence-corrected chi connectivity index (χ3v) is 14.2. The van der Waals surface area contributed by atoms with Gasteiger partial charge in [-0.2, -0.15) is 9.97 Å². The molecule has 2 heterocycles. The molecular formula is C64H38N4O2. The average molecular weight is 895 g/mol. The van der Waals surface area contributed by atoms with Gasteiger partial charge in [-0.1, -0.05) is 152 Å². The molecule has 6 heteroatoms. The minimum Gasteiger partial charge on any atom is -0.423 e. The first-order chi connectivity index (χ1) is 34.7. The molecule has 0 unspecified atom stereocenters. The molecule has 0 saturated carbocycles. The van der Waals surface area contributed by atoms with Crippen molar-refractivity contribution >= 4 is 78.5 Å². The zero-order valence-electron chi connectivity index (χ0n) is 37.5. The summed E-state index contributed by atoms with van der Waals surface area (Å²) >= 11 is 0. The number of hydrogen-bond donors (Lipinski definition) is 0. The van der Waals surface area contributed by atoms with E-state index in [1.54, 1.807) is 0 Å². The maximum absolute atomic E-state index is 6.77. The summed E-state index contributed by atoms with van der Waals surface area (Å²) in [6.45, 7) is 0. The van der Waals surface area contributed by atoms with Gasteiger partial charge in [0, 0.05) is 0 Å². The van der Waals surface area contributed by atoms with E-state index < -0.39 is 0 Å². The monoisotopic (exact) mass is 894 g/mol. The molecule has 0 N–H and O–H groups in total. The van der Waals surface area contributed by atoms with Crippen molar-refractivity contribution in [2.45, 2.75) is 0 Å². The first-order valence-corrected chi connectivity index (χ1v) is 23.6. The maximum Gasteiger partial charge on any atom is 0.307 e. The van der Waals surface area contributed by atoms with Gasteiger partial charge in [0.05, 0.1) is 22.7 Å². The van der Waals surface area contributed by atoms with Crippen LogP contribution in [0.15, 0.2) is 239 Å². The van der Waals surface area contributed by atoms with E-state index in [0.717, 1.165) is 61.6 Å². The fraction of sp³-hybridized carbons (Fsp3) is 0. The number of oxazole rings is 2. The van der Waals surface area contributed by atoms with Gasteiger partial charge in [0.25, 0.3) is 0 Å². The number of para-hydroxylation sites is 4. The summed E-state index contributed by atoms with van der Waals surface area (Å²) in [5, 5.41) is 5.04. The molecule has 11 aromatic carbocycles. The summed E-state index contributed by atoms with van der Waals surface area (Å²) in [6.07, 6.45) is 0. The van der Waals surface area contributed by atoms with Crippen molar-refractivity contribution < 1.29 is 8.83 Å².